The van der Waals surface area contributed by atoms with Crippen LogP contribution in [-0.2, 0) is 14.4 Å². The highest BCUT2D eigenvalue weighted by Crippen LogP contribution is 2.21. The molecule has 0 saturated heterocycles. The molecule has 0 aliphatic carbocycles. The van der Waals surface area contributed by atoms with Crippen LogP contribution < -0.4 is 15.4 Å². The van der Waals surface area contributed by atoms with Gasteiger partial charge in [0.1, 0.15) is 5.75 Å². The van der Waals surface area contributed by atoms with Crippen LogP contribution in [0.15, 0.2) is 53.7 Å². The molecule has 1 aliphatic heterocycles. The van der Waals surface area contributed by atoms with E-state index in [4.69, 9.17) is 9.57 Å². The molecule has 7 nitrogen and oxygen atoms in total. The molecule has 3 rings (SSSR count). The van der Waals surface area contributed by atoms with Gasteiger partial charge in [-0.15, -0.1) is 0 Å². The topological polar surface area (TPSA) is 89.0 Å². The van der Waals surface area contributed by atoms with Gasteiger partial charge in [-0.05, 0) is 42.0 Å². The minimum Gasteiger partial charge on any atom is -0.497 e. The molecular formula is C19H19N3O4. The number of nitrogens with zero attached hydrogens (tertiary/aromatic N) is 1. The Hall–Kier alpha value is -3.35. The second-order valence-electron chi connectivity index (χ2n) is 5.81. The van der Waals surface area contributed by atoms with Gasteiger partial charge in [0.2, 0.25) is 12.0 Å². The van der Waals surface area contributed by atoms with Gasteiger partial charge in [-0.3, -0.25) is 9.59 Å². The van der Waals surface area contributed by atoms with Crippen molar-refractivity contribution in [2.24, 2.45) is 5.16 Å². The zero-order valence-electron chi connectivity index (χ0n) is 14.5. The van der Waals surface area contributed by atoms with Gasteiger partial charge in [-0.25, -0.2) is 0 Å². The molecule has 134 valence electrons. The summed E-state index contributed by atoms with van der Waals surface area (Å²) in [5, 5.41) is 9.52. The highest BCUT2D eigenvalue weighted by Gasteiger charge is 2.29. The van der Waals surface area contributed by atoms with Crippen LogP contribution in [0, 0.1) is 0 Å². The van der Waals surface area contributed by atoms with Crippen LogP contribution in [0.4, 0.5) is 11.4 Å². The molecule has 2 amide bonds. The van der Waals surface area contributed by atoms with Crippen molar-refractivity contribution in [3.8, 4) is 5.75 Å². The van der Waals surface area contributed by atoms with Crippen LogP contribution in [0.5, 0.6) is 5.75 Å². The number of amides is 2. The quantitative estimate of drug-likeness (QED) is 0.865. The summed E-state index contributed by atoms with van der Waals surface area (Å²) in [5.41, 5.74) is 2.90. The molecule has 1 aliphatic rings. The van der Waals surface area contributed by atoms with Crippen molar-refractivity contribution in [1.29, 1.82) is 0 Å². The summed E-state index contributed by atoms with van der Waals surface area (Å²) in [6, 6.07) is 14.3. The summed E-state index contributed by atoms with van der Waals surface area (Å²) < 4.78 is 5.09. The Balaban J connectivity index is 1.58. The fourth-order valence-electron chi connectivity index (χ4n) is 2.53. The molecule has 0 saturated carbocycles. The predicted molar refractivity (Wildman–Crippen MR) is 98.4 cm³/mol. The van der Waals surface area contributed by atoms with Gasteiger partial charge in [-0.1, -0.05) is 17.3 Å². The molecule has 0 radical (unpaired) electrons. The van der Waals surface area contributed by atoms with Gasteiger partial charge in [0.25, 0.3) is 5.91 Å². The van der Waals surface area contributed by atoms with Crippen molar-refractivity contribution in [2.45, 2.75) is 19.4 Å². The minimum absolute atomic E-state index is 0.130. The smallest absolute Gasteiger partial charge is 0.268 e. The lowest BCUT2D eigenvalue weighted by Gasteiger charge is -2.10. The molecule has 0 spiro atoms. The van der Waals surface area contributed by atoms with Crippen molar-refractivity contribution in [3.05, 3.63) is 54.1 Å². The second-order valence-corrected chi connectivity index (χ2v) is 5.81. The monoisotopic (exact) mass is 353 g/mol. The van der Waals surface area contributed by atoms with Gasteiger partial charge in [0.15, 0.2) is 0 Å². The van der Waals surface area contributed by atoms with Crippen LogP contribution in [0.2, 0.25) is 0 Å². The summed E-state index contributed by atoms with van der Waals surface area (Å²) in [4.78, 5) is 28.7. The largest absolute Gasteiger partial charge is 0.497 e. The van der Waals surface area contributed by atoms with E-state index in [-0.39, 0.29) is 11.8 Å². The van der Waals surface area contributed by atoms with Crippen molar-refractivity contribution in [1.82, 2.24) is 0 Å². The van der Waals surface area contributed by atoms with E-state index >= 15 is 0 Å². The van der Waals surface area contributed by atoms with E-state index in [0.717, 1.165) is 5.56 Å². The van der Waals surface area contributed by atoms with E-state index in [1.165, 1.54) is 6.92 Å². The molecule has 1 atom stereocenters. The van der Waals surface area contributed by atoms with Crippen molar-refractivity contribution < 1.29 is 19.2 Å². The van der Waals surface area contributed by atoms with Gasteiger partial charge >= 0.3 is 0 Å². The van der Waals surface area contributed by atoms with Gasteiger partial charge in [0, 0.05) is 24.7 Å². The lowest BCUT2D eigenvalue weighted by atomic mass is 10.0. The molecule has 0 fully saturated rings. The summed E-state index contributed by atoms with van der Waals surface area (Å²) in [6.45, 7) is 1.45. The van der Waals surface area contributed by atoms with Crippen LogP contribution in [-0.4, -0.2) is 30.7 Å². The van der Waals surface area contributed by atoms with E-state index in [1.54, 1.807) is 43.5 Å². The highest BCUT2D eigenvalue weighted by atomic mass is 16.6. The predicted octanol–water partition coefficient (Wildman–Crippen LogP) is 2.79. The summed E-state index contributed by atoms with van der Waals surface area (Å²) in [5.74, 6) is 0.326. The zero-order valence-corrected chi connectivity index (χ0v) is 14.5. The lowest BCUT2D eigenvalue weighted by Crippen LogP contribution is -2.28. The number of methoxy groups -OCH3 is 1. The Kier molecular flexibility index (Phi) is 5.17. The Morgan fingerprint density at radius 2 is 1.65 bits per heavy atom. The maximum absolute atomic E-state index is 12.3. The average Bonchev–Trinajstić information content (AvgIpc) is 3.13. The van der Waals surface area contributed by atoms with Crippen molar-refractivity contribution in [3.63, 3.8) is 0 Å². The highest BCUT2D eigenvalue weighted by molar-refractivity contribution is 6.06. The average molecular weight is 353 g/mol. The first-order valence-electron chi connectivity index (χ1n) is 8.11. The Morgan fingerprint density at radius 1 is 1.04 bits per heavy atom. The SMILES string of the molecule is COc1ccc(NC(=O)C2CC(c3ccc(NC(C)=O)cc3)=NO2)cc1. The Morgan fingerprint density at radius 3 is 2.27 bits per heavy atom. The number of carbonyl (C=O) groups excluding carboxylic acids is 2. The first-order chi connectivity index (χ1) is 12.5. The van der Waals surface area contributed by atoms with Crippen LogP contribution in [0.3, 0.4) is 0 Å². The lowest BCUT2D eigenvalue weighted by molar-refractivity contribution is -0.125. The van der Waals surface area contributed by atoms with E-state index in [2.05, 4.69) is 15.8 Å². The first-order valence-corrected chi connectivity index (χ1v) is 8.11. The van der Waals surface area contributed by atoms with Crippen molar-refractivity contribution in [2.75, 3.05) is 17.7 Å². The number of carbonyl (C=O) groups is 2. The fourth-order valence-corrected chi connectivity index (χ4v) is 2.53. The van der Waals surface area contributed by atoms with Gasteiger partial charge in [-0.2, -0.15) is 0 Å². The third-order valence-corrected chi connectivity index (χ3v) is 3.86. The molecule has 1 heterocycles. The van der Waals surface area contributed by atoms with E-state index in [1.807, 2.05) is 12.1 Å². The van der Waals surface area contributed by atoms with Crippen molar-refractivity contribution >= 4 is 28.9 Å². The zero-order chi connectivity index (χ0) is 18.5. The summed E-state index contributed by atoms with van der Waals surface area (Å²) in [7, 11) is 1.58. The molecule has 2 N–H and O–H groups in total. The van der Waals surface area contributed by atoms with Gasteiger partial charge < -0.3 is 20.2 Å². The maximum Gasteiger partial charge on any atom is 0.268 e. The standard InChI is InChI=1S/C19H19N3O4/c1-12(23)20-14-5-3-13(4-6-14)17-11-18(26-22-17)19(24)21-15-7-9-16(25-2)10-8-15/h3-10,18H,11H2,1-2H3,(H,20,23)(H,21,24). The fraction of sp³-hybridized carbons (Fsp3) is 0.211. The molecule has 2 aromatic rings. The van der Waals surface area contributed by atoms with E-state index in [0.29, 0.717) is 29.3 Å². The summed E-state index contributed by atoms with van der Waals surface area (Å²) >= 11 is 0. The molecule has 0 bridgehead atoms. The third-order valence-electron chi connectivity index (χ3n) is 3.86. The van der Waals surface area contributed by atoms with Crippen LogP contribution in [0.25, 0.3) is 0 Å². The van der Waals surface area contributed by atoms with E-state index < -0.39 is 6.10 Å². The normalized spacial score (nSPS) is 15.6. The van der Waals surface area contributed by atoms with Crippen LogP contribution in [0.1, 0.15) is 18.9 Å². The van der Waals surface area contributed by atoms with E-state index in [9.17, 15) is 9.59 Å². The number of rotatable bonds is 5. The maximum atomic E-state index is 12.3. The molecule has 1 unspecified atom stereocenters. The number of hydrogen-bond donors (Lipinski definition) is 2. The minimum atomic E-state index is -0.679. The first kappa shape index (κ1) is 17.5. The van der Waals surface area contributed by atoms with Crippen LogP contribution >= 0.6 is 0 Å². The number of benzene rings is 2. The molecule has 2 aromatic carbocycles. The molecule has 0 aromatic heterocycles. The molecule has 7 heteroatoms. The second kappa shape index (κ2) is 7.69. The number of ether oxygens (including phenoxy) is 1. The number of hydrogen-bond acceptors (Lipinski definition) is 5. The Labute approximate surface area is 151 Å². The summed E-state index contributed by atoms with van der Waals surface area (Å²) in [6.07, 6.45) is -0.302. The van der Waals surface area contributed by atoms with Gasteiger partial charge in [0.05, 0.1) is 12.8 Å². The number of oxime groups is 1. The molecule has 26 heavy (non-hydrogen) atoms. The Bertz CT molecular complexity index is 829. The molecular weight excluding hydrogens is 334 g/mol. The number of nitrogens with one attached hydrogen (secondary N) is 2. The number of anilines is 2. The third kappa shape index (κ3) is 4.18.